The van der Waals surface area contributed by atoms with Crippen LogP contribution in [0.1, 0.15) is 94.6 Å². The second-order valence-corrected chi connectivity index (χ2v) is 11.8. The molecule has 46 heavy (non-hydrogen) atoms. The van der Waals surface area contributed by atoms with Crippen LogP contribution in [-0.2, 0) is 28.4 Å². The van der Waals surface area contributed by atoms with E-state index in [0.717, 1.165) is 13.0 Å². The minimum Gasteiger partial charge on any atom is -0.449 e. The Bertz CT molecular complexity index is 1000. The second-order valence-electron chi connectivity index (χ2n) is 11.8. The van der Waals surface area contributed by atoms with Crippen LogP contribution in [-0.4, -0.2) is 85.3 Å². The van der Waals surface area contributed by atoms with Crippen LogP contribution >= 0.6 is 0 Å². The van der Waals surface area contributed by atoms with Crippen LogP contribution in [0.2, 0.25) is 0 Å². The number of carbonyl (C=O) groups excluding carboxylic acids is 1. The fourth-order valence-corrected chi connectivity index (χ4v) is 5.72. The number of benzene rings is 2. The van der Waals surface area contributed by atoms with Crippen molar-refractivity contribution in [3.05, 3.63) is 59.7 Å². The zero-order valence-electron chi connectivity index (χ0n) is 28.3. The van der Waals surface area contributed by atoms with Crippen molar-refractivity contribution in [1.82, 2.24) is 5.32 Å². The standard InChI is InChI=1S/C38H59NO7/c1-2-3-4-5-6-7-8-9-10-11-16-22-41-24-26-43-28-30-45-31-29-44-27-25-42-23-21-39-38(40)46-32-37-35-19-14-12-17-33(35)34-18-13-15-20-36(34)37/h12-15,17-20,37H,2-11,16,21-32H2,1H3,(H,39,40). The van der Waals surface area contributed by atoms with Gasteiger partial charge in [-0.25, -0.2) is 4.79 Å². The summed E-state index contributed by atoms with van der Waals surface area (Å²) in [7, 11) is 0. The third-order valence-corrected chi connectivity index (χ3v) is 8.24. The van der Waals surface area contributed by atoms with Crippen LogP contribution in [0.5, 0.6) is 0 Å². The smallest absolute Gasteiger partial charge is 0.407 e. The molecule has 0 saturated carbocycles. The van der Waals surface area contributed by atoms with Gasteiger partial charge in [0.05, 0.1) is 59.5 Å². The topological polar surface area (TPSA) is 84.5 Å². The number of carbonyl (C=O) groups is 1. The first kappa shape index (κ1) is 38.0. The zero-order chi connectivity index (χ0) is 32.3. The van der Waals surface area contributed by atoms with E-state index in [1.54, 1.807) is 0 Å². The van der Waals surface area contributed by atoms with E-state index in [9.17, 15) is 4.79 Å². The molecule has 2 aromatic carbocycles. The van der Waals surface area contributed by atoms with Crippen molar-refractivity contribution in [2.75, 3.05) is 79.2 Å². The molecule has 0 unspecified atom stereocenters. The lowest BCUT2D eigenvalue weighted by Gasteiger charge is -2.14. The highest BCUT2D eigenvalue weighted by atomic mass is 16.6. The summed E-state index contributed by atoms with van der Waals surface area (Å²) in [6.45, 7) is 8.46. The van der Waals surface area contributed by atoms with E-state index >= 15 is 0 Å². The maximum absolute atomic E-state index is 12.2. The second kappa shape index (κ2) is 25.6. The van der Waals surface area contributed by atoms with Gasteiger partial charge in [-0.1, -0.05) is 120 Å². The molecular weight excluding hydrogens is 582 g/mol. The van der Waals surface area contributed by atoms with Gasteiger partial charge in [0.2, 0.25) is 0 Å². The number of rotatable bonds is 29. The summed E-state index contributed by atoms with van der Waals surface area (Å²) >= 11 is 0. The van der Waals surface area contributed by atoms with E-state index in [-0.39, 0.29) is 5.92 Å². The van der Waals surface area contributed by atoms with Crippen LogP contribution in [0.3, 0.4) is 0 Å². The molecule has 8 nitrogen and oxygen atoms in total. The van der Waals surface area contributed by atoms with Gasteiger partial charge >= 0.3 is 6.09 Å². The molecule has 0 spiro atoms. The van der Waals surface area contributed by atoms with Gasteiger partial charge in [0.15, 0.2) is 0 Å². The van der Waals surface area contributed by atoms with Crippen molar-refractivity contribution in [3.8, 4) is 11.1 Å². The predicted octanol–water partition coefficient (Wildman–Crippen LogP) is 7.92. The Labute approximate surface area is 277 Å². The summed E-state index contributed by atoms with van der Waals surface area (Å²) in [4.78, 5) is 12.2. The molecule has 1 amide bonds. The number of fused-ring (bicyclic) bond motifs is 3. The lowest BCUT2D eigenvalue weighted by molar-refractivity contribution is -0.0110. The van der Waals surface area contributed by atoms with Gasteiger partial charge in [0.25, 0.3) is 0 Å². The minimum absolute atomic E-state index is 0.0523. The molecule has 3 rings (SSSR count). The summed E-state index contributed by atoms with van der Waals surface area (Å²) in [6.07, 6.45) is 14.4. The minimum atomic E-state index is -0.435. The summed E-state index contributed by atoms with van der Waals surface area (Å²) in [5.41, 5.74) is 4.82. The van der Waals surface area contributed by atoms with Crippen molar-refractivity contribution in [2.24, 2.45) is 0 Å². The molecule has 1 aliphatic rings. The summed E-state index contributed by atoms with van der Waals surface area (Å²) in [5, 5.41) is 2.76. The molecule has 1 N–H and O–H groups in total. The van der Waals surface area contributed by atoms with Crippen LogP contribution < -0.4 is 5.32 Å². The van der Waals surface area contributed by atoms with E-state index in [0.29, 0.717) is 72.6 Å². The number of amides is 1. The van der Waals surface area contributed by atoms with Crippen LogP contribution in [0.15, 0.2) is 48.5 Å². The number of unbranched alkanes of at least 4 members (excludes halogenated alkanes) is 10. The Morgan fingerprint density at radius 1 is 0.543 bits per heavy atom. The Hall–Kier alpha value is -2.49. The van der Waals surface area contributed by atoms with Crippen LogP contribution in [0, 0.1) is 0 Å². The highest BCUT2D eigenvalue weighted by Gasteiger charge is 2.28. The first-order chi connectivity index (χ1) is 22.8. The average Bonchev–Trinajstić information content (AvgIpc) is 3.40. The Morgan fingerprint density at radius 2 is 0.957 bits per heavy atom. The van der Waals surface area contributed by atoms with E-state index in [1.165, 1.54) is 86.5 Å². The van der Waals surface area contributed by atoms with Crippen LogP contribution in [0.4, 0.5) is 4.79 Å². The van der Waals surface area contributed by atoms with Gasteiger partial charge < -0.3 is 33.7 Å². The SMILES string of the molecule is CCCCCCCCCCCCCOCCOCCOCCOCCOCCNC(=O)OCC1c2ccccc2-c2ccccc21. The molecule has 2 aromatic rings. The highest BCUT2D eigenvalue weighted by Crippen LogP contribution is 2.44. The normalized spacial score (nSPS) is 12.3. The lowest BCUT2D eigenvalue weighted by atomic mass is 9.98. The molecule has 0 atom stereocenters. The van der Waals surface area contributed by atoms with Gasteiger partial charge in [-0.2, -0.15) is 0 Å². The average molecular weight is 642 g/mol. The number of hydrogen-bond donors (Lipinski definition) is 1. The van der Waals surface area contributed by atoms with Gasteiger partial charge in [-0.05, 0) is 28.7 Å². The molecule has 0 radical (unpaired) electrons. The largest absolute Gasteiger partial charge is 0.449 e. The summed E-state index contributed by atoms with van der Waals surface area (Å²) in [5.74, 6) is 0.0523. The fourth-order valence-electron chi connectivity index (χ4n) is 5.72. The van der Waals surface area contributed by atoms with Crippen molar-refractivity contribution in [1.29, 1.82) is 0 Å². The van der Waals surface area contributed by atoms with E-state index in [2.05, 4.69) is 36.5 Å². The van der Waals surface area contributed by atoms with Crippen molar-refractivity contribution >= 4 is 6.09 Å². The van der Waals surface area contributed by atoms with E-state index in [1.807, 2.05) is 24.3 Å². The molecule has 0 bridgehead atoms. The third-order valence-electron chi connectivity index (χ3n) is 8.24. The molecule has 1 aliphatic carbocycles. The maximum atomic E-state index is 12.2. The molecule has 0 aromatic heterocycles. The van der Waals surface area contributed by atoms with E-state index < -0.39 is 6.09 Å². The Morgan fingerprint density at radius 3 is 1.46 bits per heavy atom. The van der Waals surface area contributed by atoms with Gasteiger partial charge in [0.1, 0.15) is 6.61 Å². The fraction of sp³-hybridized carbons (Fsp3) is 0.658. The number of ether oxygens (including phenoxy) is 6. The molecule has 0 fully saturated rings. The quantitative estimate of drug-likeness (QED) is 0.0904. The Kier molecular flexibility index (Phi) is 21.1. The summed E-state index contributed by atoms with van der Waals surface area (Å²) in [6, 6.07) is 16.6. The Balaban J connectivity index is 1.00. The first-order valence-electron chi connectivity index (χ1n) is 17.8. The summed E-state index contributed by atoms with van der Waals surface area (Å²) < 4.78 is 33.4. The maximum Gasteiger partial charge on any atom is 0.407 e. The van der Waals surface area contributed by atoms with Crippen molar-refractivity contribution in [3.63, 3.8) is 0 Å². The highest BCUT2D eigenvalue weighted by molar-refractivity contribution is 5.79. The third kappa shape index (κ3) is 15.9. The van der Waals surface area contributed by atoms with Crippen LogP contribution in [0.25, 0.3) is 11.1 Å². The molecule has 8 heteroatoms. The predicted molar refractivity (Wildman–Crippen MR) is 184 cm³/mol. The molecule has 258 valence electrons. The molecular formula is C38H59NO7. The van der Waals surface area contributed by atoms with Crippen molar-refractivity contribution in [2.45, 2.75) is 83.5 Å². The first-order valence-corrected chi connectivity index (χ1v) is 17.8. The lowest BCUT2D eigenvalue weighted by Crippen LogP contribution is -2.29. The van der Waals surface area contributed by atoms with Gasteiger partial charge in [-0.15, -0.1) is 0 Å². The number of nitrogens with one attached hydrogen (secondary N) is 1. The van der Waals surface area contributed by atoms with E-state index in [4.69, 9.17) is 28.4 Å². The van der Waals surface area contributed by atoms with Gasteiger partial charge in [0, 0.05) is 19.1 Å². The molecule has 0 saturated heterocycles. The monoisotopic (exact) mass is 641 g/mol. The van der Waals surface area contributed by atoms with Crippen molar-refractivity contribution < 1.29 is 33.2 Å². The molecule has 0 aliphatic heterocycles. The number of hydrogen-bond acceptors (Lipinski definition) is 7. The zero-order valence-corrected chi connectivity index (χ0v) is 28.3. The number of alkyl carbamates (subject to hydrolysis) is 1. The molecule has 0 heterocycles. The van der Waals surface area contributed by atoms with Gasteiger partial charge in [-0.3, -0.25) is 0 Å².